The molecule has 1 rings (SSSR count). The van der Waals surface area contributed by atoms with E-state index in [4.69, 9.17) is 5.11 Å². The van der Waals surface area contributed by atoms with E-state index >= 15 is 0 Å². The summed E-state index contributed by atoms with van der Waals surface area (Å²) in [6, 6.07) is -0.488. The summed E-state index contributed by atoms with van der Waals surface area (Å²) in [5.74, 6) is -1.87. The molecule has 0 aromatic rings. The topological polar surface area (TPSA) is 95.9 Å². The van der Waals surface area contributed by atoms with E-state index in [1.165, 1.54) is 19.1 Å². The van der Waals surface area contributed by atoms with Gasteiger partial charge in [-0.15, -0.1) is 0 Å². The van der Waals surface area contributed by atoms with Crippen LogP contribution in [0.5, 0.6) is 0 Å². The summed E-state index contributed by atoms with van der Waals surface area (Å²) in [6.45, 7) is 1.82. The molecule has 1 atom stereocenters. The Kier molecular flexibility index (Phi) is 4.74. The maximum absolute atomic E-state index is 11.9. The number of urea groups is 1. The lowest BCUT2D eigenvalue weighted by molar-refractivity contribution is -0.148. The van der Waals surface area contributed by atoms with Crippen molar-refractivity contribution in [3.05, 3.63) is 0 Å². The Morgan fingerprint density at radius 2 is 2.00 bits per heavy atom. The maximum atomic E-state index is 11.9. The van der Waals surface area contributed by atoms with Gasteiger partial charge < -0.3 is 20.1 Å². The van der Waals surface area contributed by atoms with Crippen molar-refractivity contribution < 1.29 is 24.2 Å². The summed E-state index contributed by atoms with van der Waals surface area (Å²) < 4.78 is 4.57. The minimum absolute atomic E-state index is 0.175. The van der Waals surface area contributed by atoms with Gasteiger partial charge in [0.15, 0.2) is 0 Å². The minimum Gasteiger partial charge on any atom is -0.480 e. The minimum atomic E-state index is -1.14. The molecular weight excluding hydrogens is 252 g/mol. The number of amides is 2. The molecule has 0 spiro atoms. The average Bonchev–Trinajstić information content (AvgIpc) is 2.31. The van der Waals surface area contributed by atoms with Gasteiger partial charge in [-0.05, 0) is 19.3 Å². The number of methoxy groups -OCH3 is 1. The molecule has 1 saturated carbocycles. The Morgan fingerprint density at radius 1 is 1.42 bits per heavy atom. The molecule has 2 N–H and O–H groups in total. The highest BCUT2D eigenvalue weighted by molar-refractivity contribution is 5.87. The van der Waals surface area contributed by atoms with Crippen LogP contribution in [0.15, 0.2) is 0 Å². The average molecular weight is 272 g/mol. The lowest BCUT2D eigenvalue weighted by atomic mass is 9.77. The molecule has 19 heavy (non-hydrogen) atoms. The quantitative estimate of drug-likeness (QED) is 0.708. The van der Waals surface area contributed by atoms with Crippen molar-refractivity contribution in [1.29, 1.82) is 0 Å². The fraction of sp³-hybridized carbons (Fsp3) is 0.750. The van der Waals surface area contributed by atoms with Crippen LogP contribution in [0.1, 0.15) is 26.2 Å². The van der Waals surface area contributed by atoms with Crippen molar-refractivity contribution in [2.75, 3.05) is 20.7 Å². The first-order valence-electron chi connectivity index (χ1n) is 6.17. The number of esters is 1. The number of ether oxygens (including phenoxy) is 1. The zero-order valence-corrected chi connectivity index (χ0v) is 11.4. The molecular formula is C12H20N2O5. The van der Waals surface area contributed by atoms with Gasteiger partial charge in [-0.25, -0.2) is 9.59 Å². The molecule has 0 radical (unpaired) electrons. The number of nitrogens with zero attached hydrogens (tertiary/aromatic N) is 1. The summed E-state index contributed by atoms with van der Waals surface area (Å²) in [5.41, 5.74) is -1.14. The van der Waals surface area contributed by atoms with Gasteiger partial charge in [0.1, 0.15) is 5.54 Å². The van der Waals surface area contributed by atoms with E-state index in [0.717, 1.165) is 6.42 Å². The number of nitrogens with one attached hydrogen (secondary N) is 1. The molecule has 1 aliphatic carbocycles. The fourth-order valence-corrected chi connectivity index (χ4v) is 1.99. The second-order valence-electron chi connectivity index (χ2n) is 4.98. The highest BCUT2D eigenvalue weighted by Gasteiger charge is 2.46. The first-order chi connectivity index (χ1) is 8.82. The molecule has 0 aromatic heterocycles. The number of aliphatic carboxylic acids is 1. The van der Waals surface area contributed by atoms with Crippen molar-refractivity contribution in [1.82, 2.24) is 10.2 Å². The SMILES string of the molecule is COC(=O)C(C)CN(C)C(=O)NC1(C(=O)O)CCC1. The van der Waals surface area contributed by atoms with Crippen LogP contribution in [-0.2, 0) is 14.3 Å². The summed E-state index contributed by atoms with van der Waals surface area (Å²) in [4.78, 5) is 35.6. The highest BCUT2D eigenvalue weighted by atomic mass is 16.5. The summed E-state index contributed by atoms with van der Waals surface area (Å²) in [7, 11) is 2.80. The zero-order chi connectivity index (χ0) is 14.6. The Hall–Kier alpha value is -1.79. The van der Waals surface area contributed by atoms with Crippen molar-refractivity contribution >= 4 is 18.0 Å². The number of carbonyl (C=O) groups excluding carboxylic acids is 2. The Morgan fingerprint density at radius 3 is 2.37 bits per heavy atom. The van der Waals surface area contributed by atoms with Crippen molar-refractivity contribution in [3.8, 4) is 0 Å². The molecule has 1 unspecified atom stereocenters. The van der Waals surface area contributed by atoms with Crippen LogP contribution in [0, 0.1) is 5.92 Å². The molecule has 0 heterocycles. The molecule has 108 valence electrons. The fourth-order valence-electron chi connectivity index (χ4n) is 1.99. The zero-order valence-electron chi connectivity index (χ0n) is 11.4. The van der Waals surface area contributed by atoms with E-state index in [-0.39, 0.29) is 6.54 Å². The van der Waals surface area contributed by atoms with E-state index in [0.29, 0.717) is 12.8 Å². The molecule has 1 fully saturated rings. The Balaban J connectivity index is 2.53. The van der Waals surface area contributed by atoms with Gasteiger partial charge >= 0.3 is 18.0 Å². The second-order valence-corrected chi connectivity index (χ2v) is 4.98. The Labute approximate surface area is 111 Å². The van der Waals surface area contributed by atoms with Gasteiger partial charge in [0.05, 0.1) is 13.0 Å². The van der Waals surface area contributed by atoms with Gasteiger partial charge in [0.2, 0.25) is 0 Å². The number of hydrogen-bond acceptors (Lipinski definition) is 4. The molecule has 1 aliphatic rings. The predicted molar refractivity (Wildman–Crippen MR) is 66.6 cm³/mol. The standard InChI is InChI=1S/C12H20N2O5/c1-8(9(15)19-3)7-14(2)11(18)13-12(10(16)17)5-4-6-12/h8H,4-7H2,1-3H3,(H,13,18)(H,16,17). The summed E-state index contributed by atoms with van der Waals surface area (Å²) in [6.07, 6.45) is 1.66. The van der Waals surface area contributed by atoms with E-state index in [1.807, 2.05) is 0 Å². The van der Waals surface area contributed by atoms with Crippen LogP contribution in [-0.4, -0.2) is 54.2 Å². The molecule has 2 amide bonds. The molecule has 0 aliphatic heterocycles. The van der Waals surface area contributed by atoms with Crippen molar-refractivity contribution in [2.45, 2.75) is 31.7 Å². The maximum Gasteiger partial charge on any atom is 0.329 e. The summed E-state index contributed by atoms with van der Waals surface area (Å²) >= 11 is 0. The van der Waals surface area contributed by atoms with Crippen LogP contribution in [0.2, 0.25) is 0 Å². The van der Waals surface area contributed by atoms with Crippen LogP contribution >= 0.6 is 0 Å². The monoisotopic (exact) mass is 272 g/mol. The number of carbonyl (C=O) groups is 3. The van der Waals surface area contributed by atoms with Gasteiger partial charge in [-0.2, -0.15) is 0 Å². The first-order valence-corrected chi connectivity index (χ1v) is 6.17. The van der Waals surface area contributed by atoms with Crippen LogP contribution in [0.4, 0.5) is 4.79 Å². The van der Waals surface area contributed by atoms with Crippen molar-refractivity contribution in [2.24, 2.45) is 5.92 Å². The smallest absolute Gasteiger partial charge is 0.329 e. The molecule has 7 heteroatoms. The molecule has 0 bridgehead atoms. The third kappa shape index (κ3) is 3.36. The Bertz CT molecular complexity index is 378. The second kappa shape index (κ2) is 5.90. The van der Waals surface area contributed by atoms with Crippen molar-refractivity contribution in [3.63, 3.8) is 0 Å². The van der Waals surface area contributed by atoms with Crippen LogP contribution in [0.3, 0.4) is 0 Å². The number of carboxylic acids is 1. The van der Waals surface area contributed by atoms with E-state index in [9.17, 15) is 14.4 Å². The normalized spacial score (nSPS) is 17.8. The lowest BCUT2D eigenvalue weighted by Gasteiger charge is -2.39. The van der Waals surface area contributed by atoms with E-state index in [2.05, 4.69) is 10.1 Å². The predicted octanol–water partition coefficient (Wildman–Crippen LogP) is 0.444. The molecule has 0 saturated heterocycles. The summed E-state index contributed by atoms with van der Waals surface area (Å²) in [5, 5.41) is 11.6. The highest BCUT2D eigenvalue weighted by Crippen LogP contribution is 2.32. The molecule has 0 aromatic carbocycles. The number of carboxylic acid groups (broad SMARTS) is 1. The van der Waals surface area contributed by atoms with Gasteiger partial charge in [-0.1, -0.05) is 6.92 Å². The lowest BCUT2D eigenvalue weighted by Crippen LogP contribution is -2.61. The van der Waals surface area contributed by atoms with E-state index in [1.54, 1.807) is 6.92 Å². The van der Waals surface area contributed by atoms with Gasteiger partial charge in [0.25, 0.3) is 0 Å². The van der Waals surface area contributed by atoms with E-state index < -0.39 is 29.4 Å². The third-order valence-corrected chi connectivity index (χ3v) is 3.46. The van der Waals surface area contributed by atoms with Crippen LogP contribution in [0.25, 0.3) is 0 Å². The first kappa shape index (κ1) is 15.3. The van der Waals surface area contributed by atoms with Gasteiger partial charge in [0, 0.05) is 13.6 Å². The largest absolute Gasteiger partial charge is 0.480 e. The number of hydrogen-bond donors (Lipinski definition) is 2. The molecule has 7 nitrogen and oxygen atoms in total. The third-order valence-electron chi connectivity index (χ3n) is 3.46. The van der Waals surface area contributed by atoms with Crippen LogP contribution < -0.4 is 5.32 Å². The van der Waals surface area contributed by atoms with Gasteiger partial charge in [-0.3, -0.25) is 4.79 Å². The number of rotatable bonds is 5.